The van der Waals surface area contributed by atoms with Crippen LogP contribution in [-0.2, 0) is 6.54 Å². The lowest BCUT2D eigenvalue weighted by atomic mass is 9.98. The molecule has 2 rings (SSSR count). The fraction of sp³-hybridized carbons (Fsp3) is 0.538. The molecule has 1 fully saturated rings. The van der Waals surface area contributed by atoms with Crippen LogP contribution in [0.25, 0.3) is 0 Å². The molecule has 17 heavy (non-hydrogen) atoms. The van der Waals surface area contributed by atoms with Crippen LogP contribution in [0.2, 0.25) is 5.02 Å². The number of rotatable bonds is 3. The topological polar surface area (TPSA) is 29.3 Å². The molecule has 1 aromatic carbocycles. The highest BCUT2D eigenvalue weighted by Crippen LogP contribution is 2.22. The summed E-state index contributed by atoms with van der Waals surface area (Å²) in [7, 11) is 0. The first-order valence-corrected chi connectivity index (χ1v) is 6.43. The molecule has 0 spiro atoms. The minimum Gasteiger partial charge on any atom is -0.330 e. The maximum atomic E-state index is 13.1. The molecule has 94 valence electrons. The number of nitrogens with zero attached hydrogens (tertiary/aromatic N) is 1. The number of halogens is 2. The highest BCUT2D eigenvalue weighted by Gasteiger charge is 2.19. The van der Waals surface area contributed by atoms with Crippen LogP contribution in [0.4, 0.5) is 4.39 Å². The second-order valence-corrected chi connectivity index (χ2v) is 5.12. The fourth-order valence-electron chi connectivity index (χ4n) is 2.39. The Hall–Kier alpha value is -0.640. The number of hydrogen-bond acceptors (Lipinski definition) is 2. The van der Waals surface area contributed by atoms with E-state index in [0.29, 0.717) is 17.5 Å². The third-order valence-electron chi connectivity index (χ3n) is 3.34. The van der Waals surface area contributed by atoms with Crippen molar-refractivity contribution in [2.45, 2.75) is 19.4 Å². The second-order valence-electron chi connectivity index (χ2n) is 4.71. The first-order valence-electron chi connectivity index (χ1n) is 6.05. The summed E-state index contributed by atoms with van der Waals surface area (Å²) >= 11 is 6.07. The first-order chi connectivity index (χ1) is 8.19. The summed E-state index contributed by atoms with van der Waals surface area (Å²) in [5.41, 5.74) is 6.57. The van der Waals surface area contributed by atoms with Gasteiger partial charge < -0.3 is 5.73 Å². The minimum absolute atomic E-state index is 0.225. The van der Waals surface area contributed by atoms with E-state index >= 15 is 0 Å². The van der Waals surface area contributed by atoms with Gasteiger partial charge in [0.15, 0.2) is 0 Å². The predicted octanol–water partition coefficient (Wildman–Crippen LogP) is 2.65. The van der Waals surface area contributed by atoms with Crippen molar-refractivity contribution in [3.05, 3.63) is 34.6 Å². The Morgan fingerprint density at radius 3 is 3.06 bits per heavy atom. The van der Waals surface area contributed by atoms with E-state index in [2.05, 4.69) is 4.90 Å². The van der Waals surface area contributed by atoms with E-state index in [1.54, 1.807) is 6.07 Å². The Morgan fingerprint density at radius 1 is 1.47 bits per heavy atom. The Labute approximate surface area is 107 Å². The smallest absolute Gasteiger partial charge is 0.123 e. The average Bonchev–Trinajstić information content (AvgIpc) is 2.34. The van der Waals surface area contributed by atoms with Gasteiger partial charge in [0, 0.05) is 18.1 Å². The van der Waals surface area contributed by atoms with Crippen molar-refractivity contribution in [2.75, 3.05) is 19.6 Å². The van der Waals surface area contributed by atoms with Crippen molar-refractivity contribution in [1.82, 2.24) is 4.90 Å². The zero-order chi connectivity index (χ0) is 12.3. The summed E-state index contributed by atoms with van der Waals surface area (Å²) < 4.78 is 13.1. The van der Waals surface area contributed by atoms with Gasteiger partial charge in [0.1, 0.15) is 5.82 Å². The lowest BCUT2D eigenvalue weighted by Gasteiger charge is -2.32. The van der Waals surface area contributed by atoms with E-state index < -0.39 is 0 Å². The van der Waals surface area contributed by atoms with E-state index in [9.17, 15) is 4.39 Å². The summed E-state index contributed by atoms with van der Waals surface area (Å²) in [6.45, 7) is 3.48. The third kappa shape index (κ3) is 3.41. The Bertz CT molecular complexity index is 384. The first kappa shape index (κ1) is 12.8. The molecule has 1 unspecified atom stereocenters. The van der Waals surface area contributed by atoms with Gasteiger partial charge in [-0.25, -0.2) is 4.39 Å². The Morgan fingerprint density at radius 2 is 2.29 bits per heavy atom. The molecule has 0 aromatic heterocycles. The maximum Gasteiger partial charge on any atom is 0.123 e. The van der Waals surface area contributed by atoms with Crippen molar-refractivity contribution >= 4 is 11.6 Å². The molecule has 2 nitrogen and oxygen atoms in total. The van der Waals surface area contributed by atoms with E-state index in [1.807, 2.05) is 0 Å². The average molecular weight is 257 g/mol. The molecule has 1 heterocycles. The second kappa shape index (κ2) is 5.80. The number of hydrogen-bond donors (Lipinski definition) is 1. The highest BCUT2D eigenvalue weighted by atomic mass is 35.5. The standard InChI is InChI=1S/C13H18ClFN2/c14-13-4-3-12(15)6-11(13)9-17-5-1-2-10(7-16)8-17/h3-4,6,10H,1-2,5,7-9,16H2. The minimum atomic E-state index is -0.225. The van der Waals surface area contributed by atoms with Crippen molar-refractivity contribution in [1.29, 1.82) is 0 Å². The van der Waals surface area contributed by atoms with E-state index in [4.69, 9.17) is 17.3 Å². The van der Waals surface area contributed by atoms with Crippen LogP contribution in [0.3, 0.4) is 0 Å². The number of benzene rings is 1. The molecule has 0 bridgehead atoms. The molecular formula is C13H18ClFN2. The summed E-state index contributed by atoms with van der Waals surface area (Å²) in [5, 5.41) is 0.640. The molecule has 0 aliphatic carbocycles. The third-order valence-corrected chi connectivity index (χ3v) is 3.71. The number of piperidine rings is 1. The quantitative estimate of drug-likeness (QED) is 0.901. The van der Waals surface area contributed by atoms with Gasteiger partial charge in [-0.3, -0.25) is 4.90 Å². The van der Waals surface area contributed by atoms with Gasteiger partial charge in [-0.2, -0.15) is 0 Å². The number of nitrogens with two attached hydrogens (primary N) is 1. The molecule has 1 atom stereocenters. The molecule has 1 aliphatic rings. The molecule has 0 saturated carbocycles. The monoisotopic (exact) mass is 256 g/mol. The van der Waals surface area contributed by atoms with Gasteiger partial charge in [-0.05, 0) is 55.6 Å². The summed E-state index contributed by atoms with van der Waals surface area (Å²) in [6, 6.07) is 4.54. The van der Waals surface area contributed by atoms with Crippen molar-refractivity contribution in [2.24, 2.45) is 11.7 Å². The molecule has 1 saturated heterocycles. The van der Waals surface area contributed by atoms with E-state index in [-0.39, 0.29) is 5.82 Å². The normalized spacial score (nSPS) is 21.7. The lowest BCUT2D eigenvalue weighted by molar-refractivity contribution is 0.171. The summed E-state index contributed by atoms with van der Waals surface area (Å²) in [5.74, 6) is 0.341. The molecule has 4 heteroatoms. The van der Waals surface area contributed by atoms with Crippen LogP contribution in [0.15, 0.2) is 18.2 Å². The Kier molecular flexibility index (Phi) is 4.37. The summed E-state index contributed by atoms with van der Waals surface area (Å²) in [6.07, 6.45) is 2.36. The SMILES string of the molecule is NCC1CCCN(Cc2cc(F)ccc2Cl)C1. The zero-order valence-electron chi connectivity index (χ0n) is 9.83. The zero-order valence-corrected chi connectivity index (χ0v) is 10.6. The van der Waals surface area contributed by atoms with Gasteiger partial charge in [-0.1, -0.05) is 11.6 Å². The number of likely N-dealkylation sites (tertiary alicyclic amines) is 1. The lowest BCUT2D eigenvalue weighted by Crippen LogP contribution is -2.37. The van der Waals surface area contributed by atoms with Gasteiger partial charge in [-0.15, -0.1) is 0 Å². The van der Waals surface area contributed by atoms with Gasteiger partial charge in [0.05, 0.1) is 0 Å². The van der Waals surface area contributed by atoms with Gasteiger partial charge in [0.25, 0.3) is 0 Å². The van der Waals surface area contributed by atoms with Crippen LogP contribution in [-0.4, -0.2) is 24.5 Å². The van der Waals surface area contributed by atoms with Crippen molar-refractivity contribution < 1.29 is 4.39 Å². The fourth-order valence-corrected chi connectivity index (χ4v) is 2.57. The molecule has 1 aliphatic heterocycles. The molecular weight excluding hydrogens is 239 g/mol. The van der Waals surface area contributed by atoms with Crippen molar-refractivity contribution in [3.8, 4) is 0 Å². The molecule has 1 aromatic rings. The van der Waals surface area contributed by atoms with Crippen LogP contribution in [0.1, 0.15) is 18.4 Å². The Balaban J connectivity index is 2.02. The highest BCUT2D eigenvalue weighted by molar-refractivity contribution is 6.31. The van der Waals surface area contributed by atoms with Crippen molar-refractivity contribution in [3.63, 3.8) is 0 Å². The van der Waals surface area contributed by atoms with Crippen LogP contribution >= 0.6 is 11.6 Å². The van der Waals surface area contributed by atoms with E-state index in [1.165, 1.54) is 18.6 Å². The van der Waals surface area contributed by atoms with Crippen LogP contribution in [0.5, 0.6) is 0 Å². The largest absolute Gasteiger partial charge is 0.330 e. The van der Waals surface area contributed by atoms with Gasteiger partial charge >= 0.3 is 0 Å². The predicted molar refractivity (Wildman–Crippen MR) is 68.5 cm³/mol. The van der Waals surface area contributed by atoms with Crippen LogP contribution in [0, 0.1) is 11.7 Å². The molecule has 2 N–H and O–H groups in total. The maximum absolute atomic E-state index is 13.1. The van der Waals surface area contributed by atoms with E-state index in [0.717, 1.165) is 31.6 Å². The van der Waals surface area contributed by atoms with Gasteiger partial charge in [0.2, 0.25) is 0 Å². The molecule has 0 radical (unpaired) electrons. The van der Waals surface area contributed by atoms with Crippen LogP contribution < -0.4 is 5.73 Å². The summed E-state index contributed by atoms with van der Waals surface area (Å²) in [4.78, 5) is 2.31. The molecule has 0 amide bonds.